The van der Waals surface area contributed by atoms with Crippen molar-refractivity contribution in [1.82, 2.24) is 15.2 Å². The van der Waals surface area contributed by atoms with Crippen molar-refractivity contribution >= 4 is 11.0 Å². The van der Waals surface area contributed by atoms with Crippen LogP contribution < -0.4 is 5.73 Å². The molecule has 0 saturated carbocycles. The van der Waals surface area contributed by atoms with Gasteiger partial charge in [-0.1, -0.05) is 0 Å². The van der Waals surface area contributed by atoms with Crippen molar-refractivity contribution in [3.63, 3.8) is 0 Å². The van der Waals surface area contributed by atoms with Crippen molar-refractivity contribution in [3.8, 4) is 0 Å². The molecule has 0 amide bonds. The molecule has 0 unspecified atom stereocenters. The van der Waals surface area contributed by atoms with E-state index in [0.29, 0.717) is 29.8 Å². The van der Waals surface area contributed by atoms with E-state index in [1.165, 1.54) is 12.1 Å². The number of rotatable bonds is 2. The Morgan fingerprint density at radius 2 is 2.07 bits per heavy atom. The standard InChI is InChI=1S/C9H9FN4/c10-6-1-2-7-8(5-6)13-14-9(12-7)3-4-11/h1-2,5H,3-4,11H2. The maximum atomic E-state index is 12.8. The number of halogens is 1. The smallest absolute Gasteiger partial charge is 0.152 e. The zero-order valence-corrected chi connectivity index (χ0v) is 7.44. The Morgan fingerprint density at radius 3 is 2.86 bits per heavy atom. The molecule has 4 nitrogen and oxygen atoms in total. The molecule has 1 aromatic heterocycles. The van der Waals surface area contributed by atoms with Gasteiger partial charge in [0.1, 0.15) is 11.3 Å². The first-order valence-corrected chi connectivity index (χ1v) is 4.28. The molecule has 2 N–H and O–H groups in total. The van der Waals surface area contributed by atoms with Gasteiger partial charge < -0.3 is 5.73 Å². The van der Waals surface area contributed by atoms with Crippen molar-refractivity contribution in [2.75, 3.05) is 6.54 Å². The van der Waals surface area contributed by atoms with Gasteiger partial charge in [-0.05, 0) is 18.7 Å². The van der Waals surface area contributed by atoms with Crippen LogP contribution in [0.2, 0.25) is 0 Å². The van der Waals surface area contributed by atoms with E-state index in [1.807, 2.05) is 0 Å². The summed E-state index contributed by atoms with van der Waals surface area (Å²) in [5.74, 6) is 0.256. The zero-order valence-electron chi connectivity index (χ0n) is 7.44. The minimum Gasteiger partial charge on any atom is -0.330 e. The molecule has 0 aliphatic heterocycles. The summed E-state index contributed by atoms with van der Waals surface area (Å²) in [6, 6.07) is 4.24. The highest BCUT2D eigenvalue weighted by Gasteiger charge is 2.01. The molecule has 0 atom stereocenters. The fourth-order valence-corrected chi connectivity index (χ4v) is 1.18. The highest BCUT2D eigenvalue weighted by Crippen LogP contribution is 2.09. The zero-order chi connectivity index (χ0) is 9.97. The second-order valence-corrected chi connectivity index (χ2v) is 2.90. The number of hydrogen-bond donors (Lipinski definition) is 1. The predicted octanol–water partition coefficient (Wildman–Crippen LogP) is 0.665. The van der Waals surface area contributed by atoms with E-state index in [0.717, 1.165) is 0 Å². The van der Waals surface area contributed by atoms with Gasteiger partial charge in [0.05, 0.1) is 5.52 Å². The molecule has 2 aromatic rings. The molecule has 0 fully saturated rings. The minimum absolute atomic E-state index is 0.333. The molecular formula is C9H9FN4. The van der Waals surface area contributed by atoms with Gasteiger partial charge in [0.25, 0.3) is 0 Å². The largest absolute Gasteiger partial charge is 0.330 e. The van der Waals surface area contributed by atoms with Gasteiger partial charge >= 0.3 is 0 Å². The Labute approximate surface area is 80.0 Å². The molecule has 5 heteroatoms. The van der Waals surface area contributed by atoms with E-state index >= 15 is 0 Å². The number of benzene rings is 1. The molecule has 0 saturated heterocycles. The van der Waals surface area contributed by atoms with E-state index in [-0.39, 0.29) is 5.82 Å². The first-order chi connectivity index (χ1) is 6.79. The van der Waals surface area contributed by atoms with Crippen LogP contribution >= 0.6 is 0 Å². The van der Waals surface area contributed by atoms with E-state index < -0.39 is 0 Å². The molecule has 0 radical (unpaired) electrons. The molecule has 1 heterocycles. The average Bonchev–Trinajstić information content (AvgIpc) is 2.19. The summed E-state index contributed by atoms with van der Waals surface area (Å²) in [4.78, 5) is 4.19. The number of nitrogens with zero attached hydrogens (tertiary/aromatic N) is 3. The summed E-state index contributed by atoms with van der Waals surface area (Å²) < 4.78 is 12.8. The van der Waals surface area contributed by atoms with Crippen LogP contribution in [0.25, 0.3) is 11.0 Å². The Hall–Kier alpha value is -1.62. The summed E-state index contributed by atoms with van der Waals surface area (Å²) in [6.45, 7) is 0.481. The van der Waals surface area contributed by atoms with Crippen molar-refractivity contribution < 1.29 is 4.39 Å². The summed E-state index contributed by atoms with van der Waals surface area (Å²) in [5.41, 5.74) is 6.47. The number of aromatic nitrogens is 3. The maximum Gasteiger partial charge on any atom is 0.152 e. The van der Waals surface area contributed by atoms with Crippen LogP contribution in [-0.2, 0) is 6.42 Å². The third kappa shape index (κ3) is 1.67. The van der Waals surface area contributed by atoms with Crippen molar-refractivity contribution in [2.45, 2.75) is 6.42 Å². The molecule has 2 rings (SSSR count). The first-order valence-electron chi connectivity index (χ1n) is 4.28. The molecule has 0 spiro atoms. The third-order valence-corrected chi connectivity index (χ3v) is 1.83. The average molecular weight is 192 g/mol. The minimum atomic E-state index is -0.333. The van der Waals surface area contributed by atoms with Crippen LogP contribution in [0.1, 0.15) is 5.82 Å². The molecule has 72 valence electrons. The number of fused-ring (bicyclic) bond motifs is 1. The quantitative estimate of drug-likeness (QED) is 0.759. The lowest BCUT2D eigenvalue weighted by Crippen LogP contribution is -2.07. The van der Waals surface area contributed by atoms with Gasteiger partial charge in [-0.2, -0.15) is 0 Å². The lowest BCUT2D eigenvalue weighted by Gasteiger charge is -1.98. The first kappa shape index (κ1) is 8.96. The van der Waals surface area contributed by atoms with Gasteiger partial charge in [0, 0.05) is 12.5 Å². The third-order valence-electron chi connectivity index (χ3n) is 1.83. The fraction of sp³-hybridized carbons (Fsp3) is 0.222. The SMILES string of the molecule is NCCc1nnc2cc(F)ccc2n1. The second-order valence-electron chi connectivity index (χ2n) is 2.90. The van der Waals surface area contributed by atoms with Crippen molar-refractivity contribution in [2.24, 2.45) is 5.73 Å². The van der Waals surface area contributed by atoms with Gasteiger partial charge in [0.2, 0.25) is 0 Å². The summed E-state index contributed by atoms with van der Waals surface area (Å²) in [6.07, 6.45) is 0.584. The van der Waals surface area contributed by atoms with Crippen molar-refractivity contribution in [3.05, 3.63) is 29.8 Å². The van der Waals surface area contributed by atoms with E-state index in [4.69, 9.17) is 5.73 Å². The van der Waals surface area contributed by atoms with Crippen LogP contribution in [0.15, 0.2) is 18.2 Å². The summed E-state index contributed by atoms with van der Waals surface area (Å²) in [5, 5.41) is 7.68. The van der Waals surface area contributed by atoms with Gasteiger partial charge in [-0.25, -0.2) is 9.37 Å². The van der Waals surface area contributed by atoms with Gasteiger partial charge in [0.15, 0.2) is 5.82 Å². The van der Waals surface area contributed by atoms with Gasteiger partial charge in [-0.3, -0.25) is 0 Å². The second kappa shape index (κ2) is 3.63. The van der Waals surface area contributed by atoms with Crippen LogP contribution in [0.4, 0.5) is 4.39 Å². The van der Waals surface area contributed by atoms with E-state index in [9.17, 15) is 4.39 Å². The lowest BCUT2D eigenvalue weighted by molar-refractivity contribution is 0.628. The number of nitrogens with two attached hydrogens (primary N) is 1. The van der Waals surface area contributed by atoms with Crippen LogP contribution in [0.5, 0.6) is 0 Å². The van der Waals surface area contributed by atoms with Crippen molar-refractivity contribution in [1.29, 1.82) is 0 Å². The Kier molecular flexibility index (Phi) is 2.32. The predicted molar refractivity (Wildman–Crippen MR) is 50.0 cm³/mol. The normalized spacial score (nSPS) is 10.7. The molecule has 14 heavy (non-hydrogen) atoms. The number of hydrogen-bond acceptors (Lipinski definition) is 4. The van der Waals surface area contributed by atoms with Crippen LogP contribution in [-0.4, -0.2) is 21.7 Å². The van der Waals surface area contributed by atoms with Crippen LogP contribution in [0, 0.1) is 5.82 Å². The molecule has 0 aliphatic carbocycles. The van der Waals surface area contributed by atoms with Crippen LogP contribution in [0.3, 0.4) is 0 Å². The molecular weight excluding hydrogens is 183 g/mol. The molecule has 0 aliphatic rings. The Morgan fingerprint density at radius 1 is 1.21 bits per heavy atom. The molecule has 0 bridgehead atoms. The highest BCUT2D eigenvalue weighted by molar-refractivity contribution is 5.73. The maximum absolute atomic E-state index is 12.8. The topological polar surface area (TPSA) is 64.7 Å². The highest BCUT2D eigenvalue weighted by atomic mass is 19.1. The van der Waals surface area contributed by atoms with Gasteiger partial charge in [-0.15, -0.1) is 10.2 Å². The Balaban J connectivity index is 2.50. The van der Waals surface area contributed by atoms with E-state index in [1.54, 1.807) is 6.07 Å². The summed E-state index contributed by atoms with van der Waals surface area (Å²) in [7, 11) is 0. The summed E-state index contributed by atoms with van der Waals surface area (Å²) >= 11 is 0. The fourth-order valence-electron chi connectivity index (χ4n) is 1.18. The molecule has 1 aromatic carbocycles. The van der Waals surface area contributed by atoms with E-state index in [2.05, 4.69) is 15.2 Å². The lowest BCUT2D eigenvalue weighted by atomic mass is 10.3. The Bertz CT molecular complexity index is 458. The monoisotopic (exact) mass is 192 g/mol.